The van der Waals surface area contributed by atoms with Crippen LogP contribution in [0.15, 0.2) is 24.3 Å². The molecule has 0 aromatic heterocycles. The van der Waals surface area contributed by atoms with Gasteiger partial charge in [0, 0.05) is 18.3 Å². The van der Waals surface area contributed by atoms with Crippen LogP contribution in [0.3, 0.4) is 0 Å². The number of aliphatic hydroxyl groups is 2. The van der Waals surface area contributed by atoms with Crippen molar-refractivity contribution < 1.29 is 28.8 Å². The normalized spacial score (nSPS) is 45.9. The maximum atomic E-state index is 13.1. The molecule has 5 nitrogen and oxygen atoms in total. The van der Waals surface area contributed by atoms with Crippen molar-refractivity contribution >= 4 is 0 Å². The minimum atomic E-state index is -1.34. The average Bonchev–Trinajstić information content (AvgIpc) is 2.74. The van der Waals surface area contributed by atoms with Gasteiger partial charge in [0.25, 0.3) is 0 Å². The zero-order valence-corrected chi connectivity index (χ0v) is 16.8. The zero-order chi connectivity index (χ0) is 20.1. The summed E-state index contributed by atoms with van der Waals surface area (Å²) < 4.78 is 31.2. The van der Waals surface area contributed by atoms with Crippen LogP contribution in [0.5, 0.6) is 0 Å². The maximum absolute atomic E-state index is 13.1. The Bertz CT molecular complexity index is 693. The van der Waals surface area contributed by atoms with Crippen LogP contribution in [0.4, 0.5) is 4.39 Å². The number of halogens is 1. The molecule has 1 saturated carbocycles. The van der Waals surface area contributed by atoms with E-state index in [1.807, 2.05) is 6.92 Å². The van der Waals surface area contributed by atoms with Gasteiger partial charge in [0.05, 0.1) is 6.61 Å². The lowest BCUT2D eigenvalue weighted by molar-refractivity contribution is -0.409. The van der Waals surface area contributed by atoms with Crippen molar-refractivity contribution in [1.82, 2.24) is 0 Å². The largest absolute Gasteiger partial charge is 0.384 e. The molecule has 1 aromatic carbocycles. The van der Waals surface area contributed by atoms with Crippen molar-refractivity contribution in [2.24, 2.45) is 23.7 Å². The Morgan fingerprint density at radius 3 is 2.54 bits per heavy atom. The molecule has 2 aliphatic heterocycles. The molecular weight excluding hydrogens is 363 g/mol. The van der Waals surface area contributed by atoms with E-state index in [0.717, 1.165) is 18.4 Å². The van der Waals surface area contributed by atoms with Crippen molar-refractivity contribution in [3.05, 3.63) is 35.6 Å². The number of ether oxygens (including phenoxy) is 3. The average molecular weight is 394 g/mol. The second-order valence-electron chi connectivity index (χ2n) is 9.12. The Morgan fingerprint density at radius 1 is 1.11 bits per heavy atom. The van der Waals surface area contributed by atoms with Gasteiger partial charge in [0.2, 0.25) is 0 Å². The molecule has 2 heterocycles. The Balaban J connectivity index is 1.57. The van der Waals surface area contributed by atoms with E-state index in [-0.39, 0.29) is 30.2 Å². The summed E-state index contributed by atoms with van der Waals surface area (Å²) in [7, 11) is 0. The fourth-order valence-corrected chi connectivity index (χ4v) is 5.48. The SMILES string of the molecule is C[C@H]1C(OCc2ccc(F)cc2)O[C@@H]2O[C@](C)(O)CCC3[C@H](C)CCC1[C@]32O. The highest BCUT2D eigenvalue weighted by Crippen LogP contribution is 2.55. The Hall–Kier alpha value is -1.05. The van der Waals surface area contributed by atoms with E-state index in [1.165, 1.54) is 12.1 Å². The lowest BCUT2D eigenvalue weighted by Gasteiger charge is -2.57. The molecule has 6 heteroatoms. The summed E-state index contributed by atoms with van der Waals surface area (Å²) in [4.78, 5) is 0. The minimum absolute atomic E-state index is 0.0192. The first kappa shape index (κ1) is 20.2. The topological polar surface area (TPSA) is 68.2 Å². The molecule has 3 aliphatic rings. The minimum Gasteiger partial charge on any atom is -0.384 e. The highest BCUT2D eigenvalue weighted by Gasteiger charge is 2.63. The predicted octanol–water partition coefficient (Wildman–Crippen LogP) is 3.57. The summed E-state index contributed by atoms with van der Waals surface area (Å²) in [6, 6.07) is 6.18. The van der Waals surface area contributed by atoms with Crippen LogP contribution in [0, 0.1) is 29.5 Å². The molecule has 0 amide bonds. The van der Waals surface area contributed by atoms with E-state index < -0.39 is 24.0 Å². The van der Waals surface area contributed by atoms with Gasteiger partial charge >= 0.3 is 0 Å². The second-order valence-corrected chi connectivity index (χ2v) is 9.12. The third-order valence-corrected chi connectivity index (χ3v) is 7.11. The van der Waals surface area contributed by atoms with Crippen LogP contribution in [0.25, 0.3) is 0 Å². The fourth-order valence-electron chi connectivity index (χ4n) is 5.48. The lowest BCUT2D eigenvalue weighted by atomic mass is 9.58. The third-order valence-electron chi connectivity index (χ3n) is 7.11. The molecule has 0 bridgehead atoms. The summed E-state index contributed by atoms with van der Waals surface area (Å²) in [5.74, 6) is -1.32. The molecule has 0 radical (unpaired) electrons. The molecule has 4 rings (SSSR count). The van der Waals surface area contributed by atoms with Gasteiger partial charge in [-0.25, -0.2) is 4.39 Å². The van der Waals surface area contributed by atoms with Crippen LogP contribution < -0.4 is 0 Å². The van der Waals surface area contributed by atoms with Gasteiger partial charge < -0.3 is 24.4 Å². The van der Waals surface area contributed by atoms with Crippen molar-refractivity contribution in [3.8, 4) is 0 Å². The van der Waals surface area contributed by atoms with E-state index >= 15 is 0 Å². The Labute approximate surface area is 165 Å². The summed E-state index contributed by atoms with van der Waals surface area (Å²) in [6.45, 7) is 6.12. The fraction of sp³-hybridized carbons (Fsp3) is 0.727. The molecule has 1 aliphatic carbocycles. The van der Waals surface area contributed by atoms with Gasteiger partial charge in [-0.3, -0.25) is 0 Å². The number of hydrogen-bond donors (Lipinski definition) is 2. The first-order valence-corrected chi connectivity index (χ1v) is 10.3. The van der Waals surface area contributed by atoms with Gasteiger partial charge in [0.15, 0.2) is 18.4 Å². The van der Waals surface area contributed by atoms with Gasteiger partial charge in [0.1, 0.15) is 11.4 Å². The molecule has 2 saturated heterocycles. The molecular formula is C22H31FO5. The predicted molar refractivity (Wildman–Crippen MR) is 100 cm³/mol. The standard InChI is InChI=1S/C22H31FO5/c1-13-4-9-18-14(2)19(26-12-15-5-7-16(23)8-6-15)27-20-22(18,25)17(13)10-11-21(3,24)28-20/h5-8,13-14,17-20,24-25H,4,9-12H2,1-3H3/t13-,14-,17?,18?,19?,20-,21+,22-/m1/s1. The van der Waals surface area contributed by atoms with Crippen molar-refractivity contribution in [3.63, 3.8) is 0 Å². The maximum Gasteiger partial charge on any atom is 0.193 e. The van der Waals surface area contributed by atoms with Crippen molar-refractivity contribution in [2.75, 3.05) is 0 Å². The van der Waals surface area contributed by atoms with Crippen LogP contribution in [0.1, 0.15) is 52.0 Å². The van der Waals surface area contributed by atoms with Crippen molar-refractivity contribution in [2.45, 2.75) is 77.0 Å². The highest BCUT2D eigenvalue weighted by molar-refractivity contribution is 5.15. The molecule has 8 atom stereocenters. The van der Waals surface area contributed by atoms with Crippen LogP contribution in [0.2, 0.25) is 0 Å². The zero-order valence-electron chi connectivity index (χ0n) is 16.8. The highest BCUT2D eigenvalue weighted by atomic mass is 19.1. The van der Waals surface area contributed by atoms with E-state index in [9.17, 15) is 14.6 Å². The molecule has 3 fully saturated rings. The molecule has 2 N–H and O–H groups in total. The van der Waals surface area contributed by atoms with E-state index in [1.54, 1.807) is 19.1 Å². The Morgan fingerprint density at radius 2 is 1.82 bits per heavy atom. The summed E-state index contributed by atoms with van der Waals surface area (Å²) in [6.07, 6.45) is 1.57. The molecule has 3 unspecified atom stereocenters. The monoisotopic (exact) mass is 394 g/mol. The first-order chi connectivity index (χ1) is 13.2. The summed E-state index contributed by atoms with van der Waals surface area (Å²) in [5, 5.41) is 22.4. The summed E-state index contributed by atoms with van der Waals surface area (Å²) >= 11 is 0. The summed E-state index contributed by atoms with van der Waals surface area (Å²) in [5.41, 5.74) is -0.283. The Kier molecular flexibility index (Phi) is 5.30. The smallest absolute Gasteiger partial charge is 0.193 e. The van der Waals surface area contributed by atoms with Crippen molar-refractivity contribution in [1.29, 1.82) is 0 Å². The molecule has 156 valence electrons. The van der Waals surface area contributed by atoms with Gasteiger partial charge in [-0.2, -0.15) is 0 Å². The quantitative estimate of drug-likeness (QED) is 0.820. The number of rotatable bonds is 3. The lowest BCUT2D eigenvalue weighted by Crippen LogP contribution is -2.67. The van der Waals surface area contributed by atoms with Crippen LogP contribution in [-0.2, 0) is 20.8 Å². The van der Waals surface area contributed by atoms with E-state index in [4.69, 9.17) is 14.2 Å². The molecule has 1 aromatic rings. The van der Waals surface area contributed by atoms with Gasteiger partial charge in [-0.15, -0.1) is 0 Å². The second kappa shape index (κ2) is 7.33. The number of benzene rings is 1. The van der Waals surface area contributed by atoms with E-state index in [0.29, 0.717) is 18.8 Å². The molecule has 28 heavy (non-hydrogen) atoms. The first-order valence-electron chi connectivity index (χ1n) is 10.3. The number of hydrogen-bond acceptors (Lipinski definition) is 5. The van der Waals surface area contributed by atoms with Gasteiger partial charge in [-0.1, -0.05) is 26.0 Å². The van der Waals surface area contributed by atoms with Crippen LogP contribution in [-0.4, -0.2) is 34.2 Å². The van der Waals surface area contributed by atoms with Gasteiger partial charge in [-0.05, 0) is 55.7 Å². The van der Waals surface area contributed by atoms with Crippen LogP contribution >= 0.6 is 0 Å². The van der Waals surface area contributed by atoms with E-state index in [2.05, 4.69) is 6.92 Å². The molecule has 0 spiro atoms. The third kappa shape index (κ3) is 3.50.